The SMILES string of the molecule is COC[C@H]1O[C@H](OC(C)=O)[C@@H](I)[C@@H](OC)[C@@H]1OC. The van der Waals surface area contributed by atoms with Crippen molar-refractivity contribution in [2.45, 2.75) is 35.5 Å². The fourth-order valence-electron chi connectivity index (χ4n) is 1.98. The highest BCUT2D eigenvalue weighted by atomic mass is 127. The normalized spacial score (nSPS) is 36.4. The first-order valence-electron chi connectivity index (χ1n) is 5.56. The van der Waals surface area contributed by atoms with Crippen LogP contribution in [0.15, 0.2) is 0 Å². The molecule has 0 saturated carbocycles. The molecular weight excluding hydrogens is 355 g/mol. The Balaban J connectivity index is 2.83. The standard InChI is InChI=1S/C11H19IO6/c1-6(13)17-11-8(12)10(16-4)9(15-3)7(18-11)5-14-2/h7-11H,5H2,1-4H3/t7-,8+,9-,10-,11+/m1/s1. The minimum atomic E-state index is -0.653. The van der Waals surface area contributed by atoms with E-state index in [0.29, 0.717) is 6.61 Å². The molecule has 1 aliphatic heterocycles. The second-order valence-electron chi connectivity index (χ2n) is 3.95. The van der Waals surface area contributed by atoms with Crippen molar-refractivity contribution in [1.82, 2.24) is 0 Å². The molecule has 0 unspecified atom stereocenters. The molecule has 1 saturated heterocycles. The van der Waals surface area contributed by atoms with E-state index in [1.807, 2.05) is 0 Å². The number of esters is 1. The number of ether oxygens (including phenoxy) is 5. The summed E-state index contributed by atoms with van der Waals surface area (Å²) in [7, 11) is 4.77. The van der Waals surface area contributed by atoms with Crippen LogP contribution in [0.4, 0.5) is 0 Å². The molecule has 0 bridgehead atoms. The maximum Gasteiger partial charge on any atom is 0.304 e. The van der Waals surface area contributed by atoms with E-state index in [1.54, 1.807) is 21.3 Å². The molecule has 106 valence electrons. The van der Waals surface area contributed by atoms with Gasteiger partial charge in [-0.05, 0) is 0 Å². The Kier molecular flexibility index (Phi) is 6.78. The molecule has 0 N–H and O–H groups in total. The van der Waals surface area contributed by atoms with Crippen LogP contribution in [0.1, 0.15) is 6.92 Å². The van der Waals surface area contributed by atoms with Crippen molar-refractivity contribution >= 4 is 28.6 Å². The van der Waals surface area contributed by atoms with Crippen molar-refractivity contribution in [3.8, 4) is 0 Å². The van der Waals surface area contributed by atoms with Gasteiger partial charge >= 0.3 is 5.97 Å². The monoisotopic (exact) mass is 374 g/mol. The minimum absolute atomic E-state index is 0.144. The Hall–Kier alpha value is 0.0400. The van der Waals surface area contributed by atoms with Crippen LogP contribution in [0.3, 0.4) is 0 Å². The van der Waals surface area contributed by atoms with E-state index in [4.69, 9.17) is 23.7 Å². The average molecular weight is 374 g/mol. The molecule has 7 heteroatoms. The first kappa shape index (κ1) is 16.1. The summed E-state index contributed by atoms with van der Waals surface area (Å²) < 4.78 is 26.6. The zero-order valence-corrected chi connectivity index (χ0v) is 13.1. The van der Waals surface area contributed by atoms with Gasteiger partial charge in [0.2, 0.25) is 6.29 Å². The van der Waals surface area contributed by atoms with E-state index < -0.39 is 6.29 Å². The zero-order valence-electron chi connectivity index (χ0n) is 10.9. The van der Waals surface area contributed by atoms with Gasteiger partial charge in [-0.2, -0.15) is 0 Å². The predicted octanol–water partition coefficient (Wildman–Crippen LogP) is 0.754. The van der Waals surface area contributed by atoms with Gasteiger partial charge in [-0.3, -0.25) is 4.79 Å². The van der Waals surface area contributed by atoms with Crippen molar-refractivity contribution in [2.24, 2.45) is 0 Å². The van der Waals surface area contributed by atoms with Crippen LogP contribution < -0.4 is 0 Å². The van der Waals surface area contributed by atoms with Gasteiger partial charge in [-0.25, -0.2) is 0 Å². The highest BCUT2D eigenvalue weighted by molar-refractivity contribution is 14.1. The lowest BCUT2D eigenvalue weighted by atomic mass is 10.0. The Bertz CT molecular complexity index is 274. The first-order chi connectivity index (χ1) is 8.54. The molecule has 0 aromatic rings. The molecule has 1 fully saturated rings. The number of rotatable bonds is 5. The van der Waals surface area contributed by atoms with Gasteiger partial charge < -0.3 is 23.7 Å². The molecule has 1 aliphatic rings. The van der Waals surface area contributed by atoms with Crippen LogP contribution in [0.25, 0.3) is 0 Å². The maximum absolute atomic E-state index is 11.1. The highest BCUT2D eigenvalue weighted by Gasteiger charge is 2.46. The summed E-state index contributed by atoms with van der Waals surface area (Å²) in [4.78, 5) is 11.1. The summed E-state index contributed by atoms with van der Waals surface area (Å²) >= 11 is 2.14. The van der Waals surface area contributed by atoms with Crippen molar-refractivity contribution in [1.29, 1.82) is 0 Å². The first-order valence-corrected chi connectivity index (χ1v) is 6.81. The van der Waals surface area contributed by atoms with Gasteiger partial charge in [0.25, 0.3) is 0 Å². The molecule has 0 aromatic carbocycles. The lowest BCUT2D eigenvalue weighted by Crippen LogP contribution is -2.58. The third-order valence-electron chi connectivity index (χ3n) is 2.73. The van der Waals surface area contributed by atoms with Crippen LogP contribution in [0.2, 0.25) is 0 Å². The van der Waals surface area contributed by atoms with Crippen molar-refractivity contribution in [2.75, 3.05) is 27.9 Å². The van der Waals surface area contributed by atoms with Gasteiger partial charge in [-0.1, -0.05) is 22.6 Å². The van der Waals surface area contributed by atoms with Gasteiger partial charge in [0.1, 0.15) is 22.2 Å². The van der Waals surface area contributed by atoms with Crippen molar-refractivity contribution in [3.05, 3.63) is 0 Å². The summed E-state index contributed by atoms with van der Waals surface area (Å²) in [5.41, 5.74) is 0. The van der Waals surface area contributed by atoms with Gasteiger partial charge in [0.05, 0.1) is 6.61 Å². The summed E-state index contributed by atoms with van der Waals surface area (Å²) in [6.45, 7) is 1.70. The Morgan fingerprint density at radius 3 is 2.28 bits per heavy atom. The van der Waals surface area contributed by atoms with Crippen LogP contribution in [-0.2, 0) is 28.5 Å². The second-order valence-corrected chi connectivity index (χ2v) is 5.39. The fourth-order valence-corrected chi connectivity index (χ4v) is 3.00. The van der Waals surface area contributed by atoms with Gasteiger partial charge in [0.15, 0.2) is 0 Å². The summed E-state index contributed by atoms with van der Waals surface area (Å²) in [5, 5.41) is 0. The number of methoxy groups -OCH3 is 3. The van der Waals surface area contributed by atoms with E-state index in [2.05, 4.69) is 22.6 Å². The van der Waals surface area contributed by atoms with E-state index in [-0.39, 0.29) is 28.2 Å². The average Bonchev–Trinajstić information content (AvgIpc) is 2.32. The number of hydrogen-bond acceptors (Lipinski definition) is 6. The van der Waals surface area contributed by atoms with Gasteiger partial charge in [-0.15, -0.1) is 0 Å². The number of carbonyl (C=O) groups excluding carboxylic acids is 1. The number of alkyl halides is 1. The Morgan fingerprint density at radius 2 is 1.83 bits per heavy atom. The molecule has 0 aliphatic carbocycles. The quantitative estimate of drug-likeness (QED) is 0.402. The van der Waals surface area contributed by atoms with Crippen LogP contribution >= 0.6 is 22.6 Å². The second kappa shape index (κ2) is 7.59. The molecule has 0 spiro atoms. The molecule has 1 rings (SSSR count). The number of hydrogen-bond donors (Lipinski definition) is 0. The lowest BCUT2D eigenvalue weighted by molar-refractivity contribution is -0.253. The minimum Gasteiger partial charge on any atom is -0.435 e. The number of carbonyl (C=O) groups is 1. The third-order valence-corrected chi connectivity index (χ3v) is 4.03. The van der Waals surface area contributed by atoms with Crippen LogP contribution in [0.5, 0.6) is 0 Å². The molecule has 18 heavy (non-hydrogen) atoms. The van der Waals surface area contributed by atoms with Crippen molar-refractivity contribution in [3.63, 3.8) is 0 Å². The summed E-state index contributed by atoms with van der Waals surface area (Å²) in [6, 6.07) is 0. The van der Waals surface area contributed by atoms with Gasteiger partial charge in [0, 0.05) is 28.3 Å². The number of halogens is 1. The predicted molar refractivity (Wildman–Crippen MR) is 71.7 cm³/mol. The van der Waals surface area contributed by atoms with E-state index in [1.165, 1.54) is 6.92 Å². The summed E-state index contributed by atoms with van der Waals surface area (Å²) in [6.07, 6.45) is -1.47. The van der Waals surface area contributed by atoms with Crippen LogP contribution in [-0.4, -0.2) is 62.4 Å². The fraction of sp³-hybridized carbons (Fsp3) is 0.909. The largest absolute Gasteiger partial charge is 0.435 e. The topological polar surface area (TPSA) is 63.2 Å². The molecule has 1 heterocycles. The smallest absolute Gasteiger partial charge is 0.304 e. The molecule has 6 nitrogen and oxygen atoms in total. The van der Waals surface area contributed by atoms with E-state index in [9.17, 15) is 4.79 Å². The van der Waals surface area contributed by atoms with Crippen molar-refractivity contribution < 1.29 is 28.5 Å². The summed E-state index contributed by atoms with van der Waals surface area (Å²) in [5.74, 6) is -0.386. The molecule has 0 radical (unpaired) electrons. The molecule has 0 amide bonds. The molecular formula is C11H19IO6. The Morgan fingerprint density at radius 1 is 1.22 bits per heavy atom. The highest BCUT2D eigenvalue weighted by Crippen LogP contribution is 2.31. The van der Waals surface area contributed by atoms with E-state index in [0.717, 1.165) is 0 Å². The Labute approximate surface area is 120 Å². The zero-order chi connectivity index (χ0) is 13.7. The maximum atomic E-state index is 11.1. The van der Waals surface area contributed by atoms with E-state index >= 15 is 0 Å². The van der Waals surface area contributed by atoms with Crippen LogP contribution in [0, 0.1) is 0 Å². The molecule has 5 atom stereocenters. The third kappa shape index (κ3) is 3.77. The lowest BCUT2D eigenvalue weighted by Gasteiger charge is -2.42. The molecule has 0 aromatic heterocycles.